The maximum Gasteiger partial charge on any atom is 0.224 e. The third-order valence-corrected chi connectivity index (χ3v) is 5.91. The van der Waals surface area contributed by atoms with Crippen molar-refractivity contribution in [1.82, 2.24) is 15.1 Å². The first kappa shape index (κ1) is 18.3. The molecule has 2 aliphatic rings. The quantitative estimate of drug-likeness (QED) is 0.818. The van der Waals surface area contributed by atoms with Crippen molar-refractivity contribution in [2.24, 2.45) is 5.92 Å². The normalized spacial score (nSPS) is 23.3. The largest absolute Gasteiger partial charge is 0.469 e. The summed E-state index contributed by atoms with van der Waals surface area (Å²) in [6.45, 7) is 9.44. The first-order valence-electron chi connectivity index (χ1n) is 10.1. The summed E-state index contributed by atoms with van der Waals surface area (Å²) in [5, 5.41) is 3.14. The van der Waals surface area contributed by atoms with Crippen LogP contribution in [0.15, 0.2) is 47.1 Å². The van der Waals surface area contributed by atoms with E-state index >= 15 is 0 Å². The fourth-order valence-corrected chi connectivity index (χ4v) is 4.00. The Kier molecular flexibility index (Phi) is 5.60. The van der Waals surface area contributed by atoms with Gasteiger partial charge in [0.2, 0.25) is 5.91 Å². The molecule has 5 nitrogen and oxygen atoms in total. The third kappa shape index (κ3) is 4.42. The number of amides is 1. The molecule has 1 N–H and O–H groups in total. The van der Waals surface area contributed by atoms with Gasteiger partial charge in [0.05, 0.1) is 6.26 Å². The molecule has 27 heavy (non-hydrogen) atoms. The summed E-state index contributed by atoms with van der Waals surface area (Å²) < 4.78 is 5.43. The van der Waals surface area contributed by atoms with Gasteiger partial charge in [-0.2, -0.15) is 0 Å². The van der Waals surface area contributed by atoms with Crippen LogP contribution in [0.5, 0.6) is 0 Å². The van der Waals surface area contributed by atoms with Gasteiger partial charge in [0.25, 0.3) is 0 Å². The minimum atomic E-state index is 0.0606. The predicted molar refractivity (Wildman–Crippen MR) is 105 cm³/mol. The summed E-state index contributed by atoms with van der Waals surface area (Å²) in [6.07, 6.45) is 2.57. The number of carbonyl (C=O) groups excluding carboxylic acids is 1. The fraction of sp³-hybridized carbons (Fsp3) is 0.500. The number of hydrogen-bond acceptors (Lipinski definition) is 4. The molecule has 2 fully saturated rings. The zero-order chi connectivity index (χ0) is 18.6. The summed E-state index contributed by atoms with van der Waals surface area (Å²) in [4.78, 5) is 17.5. The van der Waals surface area contributed by atoms with Crippen molar-refractivity contribution in [2.45, 2.75) is 32.4 Å². The lowest BCUT2D eigenvalue weighted by Gasteiger charge is -2.34. The SMILES string of the molecule is CCN1CCN(Cc2ccccc2CNC(=O)C2CC2c2ccco2)CC1. The number of rotatable bonds is 7. The van der Waals surface area contributed by atoms with E-state index in [0.29, 0.717) is 6.54 Å². The van der Waals surface area contributed by atoms with Crippen molar-refractivity contribution in [3.63, 3.8) is 0 Å². The zero-order valence-corrected chi connectivity index (χ0v) is 16.1. The number of benzene rings is 1. The predicted octanol–water partition coefficient (Wildman–Crippen LogP) is 2.84. The van der Waals surface area contributed by atoms with Crippen LogP contribution in [0.2, 0.25) is 0 Å². The van der Waals surface area contributed by atoms with Crippen molar-refractivity contribution in [2.75, 3.05) is 32.7 Å². The summed E-state index contributed by atoms with van der Waals surface area (Å²) in [6, 6.07) is 12.3. The van der Waals surface area contributed by atoms with Crippen molar-refractivity contribution in [3.8, 4) is 0 Å². The van der Waals surface area contributed by atoms with Crippen LogP contribution in [0.4, 0.5) is 0 Å². The molecule has 144 valence electrons. The number of piperazine rings is 1. The lowest BCUT2D eigenvalue weighted by atomic mass is 10.1. The summed E-state index contributed by atoms with van der Waals surface area (Å²) in [5.74, 6) is 1.39. The van der Waals surface area contributed by atoms with E-state index in [9.17, 15) is 4.79 Å². The monoisotopic (exact) mass is 367 g/mol. The average molecular weight is 367 g/mol. The van der Waals surface area contributed by atoms with E-state index in [0.717, 1.165) is 51.4 Å². The maximum absolute atomic E-state index is 12.5. The van der Waals surface area contributed by atoms with Gasteiger partial charge in [-0.1, -0.05) is 31.2 Å². The van der Waals surface area contributed by atoms with Gasteiger partial charge in [-0.25, -0.2) is 0 Å². The molecule has 1 saturated carbocycles. The number of hydrogen-bond donors (Lipinski definition) is 1. The van der Waals surface area contributed by atoms with Crippen LogP contribution in [0, 0.1) is 5.92 Å². The van der Waals surface area contributed by atoms with Crippen LogP contribution in [0.1, 0.15) is 36.1 Å². The summed E-state index contributed by atoms with van der Waals surface area (Å²) >= 11 is 0. The van der Waals surface area contributed by atoms with Crippen LogP contribution in [0.3, 0.4) is 0 Å². The molecule has 1 saturated heterocycles. The molecule has 1 aliphatic heterocycles. The molecule has 1 aromatic heterocycles. The molecule has 2 heterocycles. The maximum atomic E-state index is 12.5. The smallest absolute Gasteiger partial charge is 0.224 e. The Hall–Kier alpha value is -2.11. The van der Waals surface area contributed by atoms with Crippen molar-refractivity contribution in [1.29, 1.82) is 0 Å². The molecule has 4 rings (SSSR count). The highest BCUT2D eigenvalue weighted by molar-refractivity contribution is 5.82. The highest BCUT2D eigenvalue weighted by Gasteiger charge is 2.45. The van der Waals surface area contributed by atoms with Gasteiger partial charge in [-0.15, -0.1) is 0 Å². The average Bonchev–Trinajstić information content (AvgIpc) is 3.32. The van der Waals surface area contributed by atoms with Gasteiger partial charge in [0.15, 0.2) is 0 Å². The summed E-state index contributed by atoms with van der Waals surface area (Å²) in [5.41, 5.74) is 2.54. The molecule has 1 aliphatic carbocycles. The number of carbonyl (C=O) groups is 1. The molecule has 1 aromatic carbocycles. The molecular formula is C22H29N3O2. The van der Waals surface area contributed by atoms with Crippen LogP contribution in [-0.4, -0.2) is 48.4 Å². The van der Waals surface area contributed by atoms with E-state index in [2.05, 4.69) is 46.3 Å². The second kappa shape index (κ2) is 8.28. The Morgan fingerprint density at radius 3 is 2.52 bits per heavy atom. The molecule has 1 amide bonds. The van der Waals surface area contributed by atoms with E-state index in [1.54, 1.807) is 6.26 Å². The lowest BCUT2D eigenvalue weighted by Crippen LogP contribution is -2.45. The van der Waals surface area contributed by atoms with Gasteiger partial charge in [-0.3, -0.25) is 9.69 Å². The van der Waals surface area contributed by atoms with Crippen molar-refractivity contribution < 1.29 is 9.21 Å². The van der Waals surface area contributed by atoms with Crippen LogP contribution in [-0.2, 0) is 17.9 Å². The number of nitrogens with zero attached hydrogens (tertiary/aromatic N) is 2. The van der Waals surface area contributed by atoms with Gasteiger partial charge < -0.3 is 14.6 Å². The van der Waals surface area contributed by atoms with E-state index in [-0.39, 0.29) is 17.7 Å². The molecule has 2 atom stereocenters. The zero-order valence-electron chi connectivity index (χ0n) is 16.1. The van der Waals surface area contributed by atoms with E-state index < -0.39 is 0 Å². The first-order chi connectivity index (χ1) is 13.2. The Bertz CT molecular complexity index is 751. The van der Waals surface area contributed by atoms with Crippen LogP contribution in [0.25, 0.3) is 0 Å². The Morgan fingerprint density at radius 1 is 1.07 bits per heavy atom. The second-order valence-corrected chi connectivity index (χ2v) is 7.66. The number of furan rings is 1. The molecular weight excluding hydrogens is 338 g/mol. The molecule has 2 unspecified atom stereocenters. The Labute approximate surface area is 161 Å². The second-order valence-electron chi connectivity index (χ2n) is 7.66. The Morgan fingerprint density at radius 2 is 1.81 bits per heavy atom. The molecule has 2 aromatic rings. The van der Waals surface area contributed by atoms with Gasteiger partial charge >= 0.3 is 0 Å². The first-order valence-corrected chi connectivity index (χ1v) is 10.1. The van der Waals surface area contributed by atoms with Gasteiger partial charge in [0.1, 0.15) is 5.76 Å². The third-order valence-electron chi connectivity index (χ3n) is 5.91. The van der Waals surface area contributed by atoms with Crippen LogP contribution >= 0.6 is 0 Å². The number of nitrogens with one attached hydrogen (secondary N) is 1. The van der Waals surface area contributed by atoms with Crippen molar-refractivity contribution >= 4 is 5.91 Å². The van der Waals surface area contributed by atoms with E-state index in [1.165, 1.54) is 11.1 Å². The minimum absolute atomic E-state index is 0.0606. The standard InChI is InChI=1S/C22H29N3O2/c1-2-24-9-11-25(12-10-24)16-18-7-4-3-6-17(18)15-23-22(26)20-14-19(20)21-8-5-13-27-21/h3-8,13,19-20H,2,9-12,14-16H2,1H3,(H,23,26). The number of likely N-dealkylation sites (N-methyl/N-ethyl adjacent to an activating group) is 1. The van der Waals surface area contributed by atoms with E-state index in [4.69, 9.17) is 4.42 Å². The van der Waals surface area contributed by atoms with Crippen molar-refractivity contribution in [3.05, 3.63) is 59.5 Å². The molecule has 0 spiro atoms. The van der Waals surface area contributed by atoms with Crippen LogP contribution < -0.4 is 5.32 Å². The highest BCUT2D eigenvalue weighted by Crippen LogP contribution is 2.47. The minimum Gasteiger partial charge on any atom is -0.469 e. The summed E-state index contributed by atoms with van der Waals surface area (Å²) in [7, 11) is 0. The van der Waals surface area contributed by atoms with Gasteiger partial charge in [-0.05, 0) is 36.2 Å². The van der Waals surface area contributed by atoms with Gasteiger partial charge in [0, 0.05) is 51.1 Å². The molecule has 5 heteroatoms. The lowest BCUT2D eigenvalue weighted by molar-refractivity contribution is -0.122. The fourth-order valence-electron chi connectivity index (χ4n) is 4.00. The van der Waals surface area contributed by atoms with E-state index in [1.807, 2.05) is 12.1 Å². The highest BCUT2D eigenvalue weighted by atomic mass is 16.3. The molecule has 0 bridgehead atoms. The Balaban J connectivity index is 1.30. The topological polar surface area (TPSA) is 48.7 Å². The molecule has 0 radical (unpaired) electrons.